The number of Topliss-reactive ketones (excluding diaryl/α,β-unsaturated/α-hetero) is 1. The van der Waals surface area contributed by atoms with Crippen LogP contribution in [0.3, 0.4) is 0 Å². The first-order chi connectivity index (χ1) is 6.11. The molecule has 0 amide bonds. The standard InChI is InChI=1S/C8H9NO.C2H6O/c1-6(10)7-3-2-4-8(9)5-7;1-3-2/h2-5H,9H2,1H3;1-2H3. The molecule has 0 spiro atoms. The minimum Gasteiger partial charge on any atom is -0.399 e. The Morgan fingerprint density at radius 3 is 2.23 bits per heavy atom. The fraction of sp³-hybridized carbons (Fsp3) is 0.300. The summed E-state index contributed by atoms with van der Waals surface area (Å²) in [6, 6.07) is 6.94. The van der Waals surface area contributed by atoms with Crippen molar-refractivity contribution in [1.82, 2.24) is 0 Å². The van der Waals surface area contributed by atoms with Crippen LogP contribution in [-0.2, 0) is 4.74 Å². The average Bonchev–Trinajstić information content (AvgIpc) is 2.05. The number of nitrogen functional groups attached to an aromatic ring is 1. The van der Waals surface area contributed by atoms with Crippen molar-refractivity contribution in [2.75, 3.05) is 20.0 Å². The maximum Gasteiger partial charge on any atom is 0.159 e. The number of rotatable bonds is 1. The van der Waals surface area contributed by atoms with Gasteiger partial charge in [0.2, 0.25) is 0 Å². The summed E-state index contributed by atoms with van der Waals surface area (Å²) in [5.41, 5.74) is 6.74. The number of hydrogen-bond donors (Lipinski definition) is 1. The molecule has 72 valence electrons. The second-order valence-corrected chi connectivity index (χ2v) is 2.59. The Labute approximate surface area is 78.5 Å². The summed E-state index contributed by atoms with van der Waals surface area (Å²) in [6.45, 7) is 1.52. The molecule has 2 N–H and O–H groups in total. The SMILES string of the molecule is CC(=O)c1cccc(N)c1.COC. The minimum absolute atomic E-state index is 0.0484. The lowest BCUT2D eigenvalue weighted by molar-refractivity contribution is 0.101. The lowest BCUT2D eigenvalue weighted by atomic mass is 10.1. The molecule has 0 saturated heterocycles. The van der Waals surface area contributed by atoms with E-state index in [2.05, 4.69) is 4.74 Å². The monoisotopic (exact) mass is 181 g/mol. The van der Waals surface area contributed by atoms with E-state index in [1.807, 2.05) is 0 Å². The number of anilines is 1. The highest BCUT2D eigenvalue weighted by Crippen LogP contribution is 2.06. The number of carbonyl (C=O) groups excluding carboxylic acids is 1. The fourth-order valence-electron chi connectivity index (χ4n) is 0.758. The van der Waals surface area contributed by atoms with Crippen molar-refractivity contribution < 1.29 is 9.53 Å². The van der Waals surface area contributed by atoms with Crippen LogP contribution in [0.4, 0.5) is 5.69 Å². The number of methoxy groups -OCH3 is 1. The first-order valence-corrected chi connectivity index (χ1v) is 3.88. The number of hydrogen-bond acceptors (Lipinski definition) is 3. The summed E-state index contributed by atoms with van der Waals surface area (Å²) in [5.74, 6) is 0.0484. The van der Waals surface area contributed by atoms with Crippen LogP contribution in [0, 0.1) is 0 Å². The Bertz CT molecular complexity index is 271. The van der Waals surface area contributed by atoms with Crippen molar-refractivity contribution in [2.45, 2.75) is 6.92 Å². The summed E-state index contributed by atoms with van der Waals surface area (Å²) >= 11 is 0. The van der Waals surface area contributed by atoms with Crippen LogP contribution >= 0.6 is 0 Å². The third kappa shape index (κ3) is 4.98. The van der Waals surface area contributed by atoms with Gasteiger partial charge in [-0.05, 0) is 19.1 Å². The maximum atomic E-state index is 10.7. The van der Waals surface area contributed by atoms with Crippen LogP contribution in [0.15, 0.2) is 24.3 Å². The molecule has 0 aromatic heterocycles. The number of benzene rings is 1. The lowest BCUT2D eigenvalue weighted by Crippen LogP contribution is -1.93. The van der Waals surface area contributed by atoms with E-state index in [1.54, 1.807) is 38.5 Å². The first-order valence-electron chi connectivity index (χ1n) is 3.88. The zero-order chi connectivity index (χ0) is 10.3. The number of nitrogens with two attached hydrogens (primary N) is 1. The van der Waals surface area contributed by atoms with E-state index in [4.69, 9.17) is 5.73 Å². The molecule has 1 aromatic carbocycles. The van der Waals surface area contributed by atoms with Gasteiger partial charge in [0.05, 0.1) is 0 Å². The van der Waals surface area contributed by atoms with Crippen LogP contribution in [0.1, 0.15) is 17.3 Å². The molecule has 0 aliphatic heterocycles. The Kier molecular flexibility index (Phi) is 5.55. The lowest BCUT2D eigenvalue weighted by Gasteiger charge is -1.94. The van der Waals surface area contributed by atoms with Gasteiger partial charge in [0.1, 0.15) is 0 Å². The Morgan fingerprint density at radius 2 is 1.92 bits per heavy atom. The highest BCUT2D eigenvalue weighted by atomic mass is 16.4. The molecular weight excluding hydrogens is 166 g/mol. The molecule has 0 heterocycles. The highest BCUT2D eigenvalue weighted by Gasteiger charge is 1.96. The van der Waals surface area contributed by atoms with Crippen LogP contribution < -0.4 is 5.73 Å². The predicted molar refractivity (Wildman–Crippen MR) is 53.8 cm³/mol. The van der Waals surface area contributed by atoms with Crippen molar-refractivity contribution in [3.05, 3.63) is 29.8 Å². The Morgan fingerprint density at radius 1 is 1.38 bits per heavy atom. The molecular formula is C10H15NO2. The topological polar surface area (TPSA) is 52.3 Å². The summed E-state index contributed by atoms with van der Waals surface area (Å²) in [6.07, 6.45) is 0. The van der Waals surface area contributed by atoms with Crippen molar-refractivity contribution in [3.8, 4) is 0 Å². The smallest absolute Gasteiger partial charge is 0.159 e. The van der Waals surface area contributed by atoms with Gasteiger partial charge in [0.15, 0.2) is 5.78 Å². The highest BCUT2D eigenvalue weighted by molar-refractivity contribution is 5.94. The molecule has 0 radical (unpaired) electrons. The van der Waals surface area contributed by atoms with Gasteiger partial charge < -0.3 is 10.5 Å². The number of carbonyl (C=O) groups is 1. The molecule has 0 saturated carbocycles. The van der Waals surface area contributed by atoms with Crippen molar-refractivity contribution in [1.29, 1.82) is 0 Å². The Balaban J connectivity index is 0.000000424. The second-order valence-electron chi connectivity index (χ2n) is 2.59. The van der Waals surface area contributed by atoms with Gasteiger partial charge >= 0.3 is 0 Å². The molecule has 0 aliphatic rings. The van der Waals surface area contributed by atoms with Gasteiger partial charge in [0, 0.05) is 25.5 Å². The van der Waals surface area contributed by atoms with Gasteiger partial charge in [-0.3, -0.25) is 4.79 Å². The largest absolute Gasteiger partial charge is 0.399 e. The molecule has 0 aliphatic carbocycles. The molecule has 0 atom stereocenters. The molecule has 0 bridgehead atoms. The number of ether oxygens (including phenoxy) is 1. The molecule has 1 rings (SSSR count). The third-order valence-electron chi connectivity index (χ3n) is 1.29. The number of ketones is 1. The van der Waals surface area contributed by atoms with E-state index in [0.717, 1.165) is 0 Å². The second kappa shape index (κ2) is 6.20. The molecule has 0 fully saturated rings. The van der Waals surface area contributed by atoms with E-state index in [0.29, 0.717) is 11.3 Å². The maximum absolute atomic E-state index is 10.7. The van der Waals surface area contributed by atoms with Gasteiger partial charge in [-0.25, -0.2) is 0 Å². The van der Waals surface area contributed by atoms with Crippen LogP contribution in [-0.4, -0.2) is 20.0 Å². The summed E-state index contributed by atoms with van der Waals surface area (Å²) in [7, 11) is 3.25. The quantitative estimate of drug-likeness (QED) is 0.530. The van der Waals surface area contributed by atoms with E-state index >= 15 is 0 Å². The summed E-state index contributed by atoms with van der Waals surface area (Å²) in [4.78, 5) is 10.7. The molecule has 0 unspecified atom stereocenters. The normalized spacial score (nSPS) is 8.54. The fourth-order valence-corrected chi connectivity index (χ4v) is 0.758. The zero-order valence-corrected chi connectivity index (χ0v) is 8.20. The van der Waals surface area contributed by atoms with Gasteiger partial charge in [-0.2, -0.15) is 0 Å². The summed E-state index contributed by atoms with van der Waals surface area (Å²) < 4.78 is 4.25. The van der Waals surface area contributed by atoms with Gasteiger partial charge in [0.25, 0.3) is 0 Å². The average molecular weight is 181 g/mol. The molecule has 3 nitrogen and oxygen atoms in total. The van der Waals surface area contributed by atoms with Gasteiger partial charge in [-0.1, -0.05) is 12.1 Å². The van der Waals surface area contributed by atoms with E-state index in [1.165, 1.54) is 6.92 Å². The Hall–Kier alpha value is -1.35. The van der Waals surface area contributed by atoms with E-state index < -0.39 is 0 Å². The zero-order valence-electron chi connectivity index (χ0n) is 8.20. The summed E-state index contributed by atoms with van der Waals surface area (Å²) in [5, 5.41) is 0. The molecule has 3 heteroatoms. The molecule has 1 aromatic rings. The van der Waals surface area contributed by atoms with E-state index in [-0.39, 0.29) is 5.78 Å². The van der Waals surface area contributed by atoms with Crippen LogP contribution in [0.2, 0.25) is 0 Å². The molecule has 13 heavy (non-hydrogen) atoms. The third-order valence-corrected chi connectivity index (χ3v) is 1.29. The minimum atomic E-state index is 0.0484. The van der Waals surface area contributed by atoms with Crippen LogP contribution in [0.25, 0.3) is 0 Å². The van der Waals surface area contributed by atoms with Crippen molar-refractivity contribution >= 4 is 11.5 Å². The van der Waals surface area contributed by atoms with Crippen molar-refractivity contribution in [3.63, 3.8) is 0 Å². The van der Waals surface area contributed by atoms with Crippen molar-refractivity contribution in [2.24, 2.45) is 0 Å². The first kappa shape index (κ1) is 11.6. The van der Waals surface area contributed by atoms with Crippen LogP contribution in [0.5, 0.6) is 0 Å². The predicted octanol–water partition coefficient (Wildman–Crippen LogP) is 1.73. The van der Waals surface area contributed by atoms with E-state index in [9.17, 15) is 4.79 Å². The van der Waals surface area contributed by atoms with Gasteiger partial charge in [-0.15, -0.1) is 0 Å².